The SMILES string of the molecule is CC/C=C\C/C=C\C/C=C\CCCCCCCC(=O)OC(CCCCCCCCCCCCCCCC)CCC(=O)O. The van der Waals surface area contributed by atoms with Crippen LogP contribution in [0.5, 0.6) is 0 Å². The highest BCUT2D eigenvalue weighted by molar-refractivity contribution is 5.69. The zero-order valence-corrected chi connectivity index (χ0v) is 27.8. The minimum absolute atomic E-state index is 0.0671. The average molecular weight is 589 g/mol. The Morgan fingerprint density at radius 1 is 0.548 bits per heavy atom. The second-order valence-electron chi connectivity index (χ2n) is 12.0. The van der Waals surface area contributed by atoms with Crippen LogP contribution in [-0.4, -0.2) is 23.1 Å². The van der Waals surface area contributed by atoms with Crippen LogP contribution in [0.4, 0.5) is 0 Å². The molecule has 1 N–H and O–H groups in total. The molecule has 0 aliphatic heterocycles. The standard InChI is InChI=1S/C38H68O4/c1-3-5-7-9-11-13-15-17-19-21-23-25-27-29-31-33-38(41)42-36(34-35-37(39)40)32-30-28-26-24-22-20-18-16-14-12-10-8-6-4-2/h5,7,11,13,17,19,36H,3-4,6,8-10,12,14-16,18,20-35H2,1-2H3,(H,39,40)/b7-5-,13-11-,19-17-. The first-order chi connectivity index (χ1) is 20.6. The molecule has 0 fully saturated rings. The molecule has 0 saturated heterocycles. The fourth-order valence-electron chi connectivity index (χ4n) is 5.25. The highest BCUT2D eigenvalue weighted by Gasteiger charge is 2.15. The maximum Gasteiger partial charge on any atom is 0.306 e. The van der Waals surface area contributed by atoms with Gasteiger partial charge in [-0.15, -0.1) is 0 Å². The predicted molar refractivity (Wildman–Crippen MR) is 181 cm³/mol. The van der Waals surface area contributed by atoms with Gasteiger partial charge in [0.2, 0.25) is 0 Å². The highest BCUT2D eigenvalue weighted by Crippen LogP contribution is 2.17. The van der Waals surface area contributed by atoms with Crippen LogP contribution >= 0.6 is 0 Å². The lowest BCUT2D eigenvalue weighted by molar-refractivity contribution is -0.151. The molecule has 0 saturated carbocycles. The Bertz CT molecular complexity index is 679. The highest BCUT2D eigenvalue weighted by atomic mass is 16.5. The van der Waals surface area contributed by atoms with Crippen molar-refractivity contribution in [1.29, 1.82) is 0 Å². The number of unbranched alkanes of at least 4 members (excludes halogenated alkanes) is 18. The Morgan fingerprint density at radius 2 is 1.02 bits per heavy atom. The van der Waals surface area contributed by atoms with E-state index in [-0.39, 0.29) is 18.5 Å². The van der Waals surface area contributed by atoms with Crippen molar-refractivity contribution in [3.05, 3.63) is 36.5 Å². The molecule has 4 nitrogen and oxygen atoms in total. The van der Waals surface area contributed by atoms with E-state index in [1.54, 1.807) is 0 Å². The van der Waals surface area contributed by atoms with E-state index in [0.717, 1.165) is 64.2 Å². The van der Waals surface area contributed by atoms with E-state index >= 15 is 0 Å². The molecule has 0 heterocycles. The van der Waals surface area contributed by atoms with Gasteiger partial charge >= 0.3 is 11.9 Å². The zero-order valence-electron chi connectivity index (χ0n) is 27.8. The van der Waals surface area contributed by atoms with Crippen molar-refractivity contribution in [3.8, 4) is 0 Å². The molecule has 0 aromatic rings. The first kappa shape index (κ1) is 40.2. The number of allylic oxidation sites excluding steroid dienone is 6. The first-order valence-electron chi connectivity index (χ1n) is 18.0. The van der Waals surface area contributed by atoms with E-state index in [9.17, 15) is 9.59 Å². The van der Waals surface area contributed by atoms with Crippen molar-refractivity contribution in [3.63, 3.8) is 0 Å². The Kier molecular flexibility index (Phi) is 32.2. The third kappa shape index (κ3) is 32.7. The fraction of sp³-hybridized carbons (Fsp3) is 0.789. The van der Waals surface area contributed by atoms with Gasteiger partial charge in [-0.1, -0.05) is 153 Å². The molecular weight excluding hydrogens is 520 g/mol. The number of esters is 1. The maximum absolute atomic E-state index is 12.4. The van der Waals surface area contributed by atoms with E-state index in [0.29, 0.717) is 12.8 Å². The van der Waals surface area contributed by atoms with Gasteiger partial charge in [-0.05, 0) is 57.8 Å². The Morgan fingerprint density at radius 3 is 1.57 bits per heavy atom. The van der Waals surface area contributed by atoms with Gasteiger partial charge in [-0.2, -0.15) is 0 Å². The third-order valence-electron chi connectivity index (χ3n) is 7.89. The van der Waals surface area contributed by atoms with Crippen LogP contribution in [0, 0.1) is 0 Å². The number of carboxylic acids is 1. The molecule has 0 aliphatic carbocycles. The summed E-state index contributed by atoms with van der Waals surface area (Å²) in [5.41, 5.74) is 0. The average Bonchev–Trinajstić information content (AvgIpc) is 2.97. The molecule has 1 unspecified atom stereocenters. The number of carboxylic acid groups (broad SMARTS) is 1. The van der Waals surface area contributed by atoms with Crippen molar-refractivity contribution < 1.29 is 19.4 Å². The van der Waals surface area contributed by atoms with Gasteiger partial charge in [-0.25, -0.2) is 0 Å². The van der Waals surface area contributed by atoms with Gasteiger partial charge in [0.15, 0.2) is 0 Å². The normalized spacial score (nSPS) is 12.6. The lowest BCUT2D eigenvalue weighted by Gasteiger charge is -2.17. The lowest BCUT2D eigenvalue weighted by Crippen LogP contribution is -2.19. The zero-order chi connectivity index (χ0) is 30.8. The summed E-state index contributed by atoms with van der Waals surface area (Å²) in [5, 5.41) is 9.09. The number of hydrogen-bond acceptors (Lipinski definition) is 3. The predicted octanol–water partition coefficient (Wildman–Crippen LogP) is 12.2. The number of rotatable bonds is 32. The molecule has 0 aliphatic rings. The minimum Gasteiger partial charge on any atom is -0.481 e. The van der Waals surface area contributed by atoms with Crippen LogP contribution in [0.15, 0.2) is 36.5 Å². The summed E-state index contributed by atoms with van der Waals surface area (Å²) in [6.07, 6.45) is 42.9. The monoisotopic (exact) mass is 589 g/mol. The largest absolute Gasteiger partial charge is 0.481 e. The molecule has 0 aromatic heterocycles. The van der Waals surface area contributed by atoms with E-state index < -0.39 is 5.97 Å². The molecule has 4 heteroatoms. The molecule has 0 spiro atoms. The van der Waals surface area contributed by atoms with Crippen LogP contribution in [0.2, 0.25) is 0 Å². The van der Waals surface area contributed by atoms with Crippen LogP contribution in [0.25, 0.3) is 0 Å². The summed E-state index contributed by atoms with van der Waals surface area (Å²) in [6, 6.07) is 0. The first-order valence-corrected chi connectivity index (χ1v) is 18.0. The Balaban J connectivity index is 3.80. The van der Waals surface area contributed by atoms with E-state index in [1.807, 2.05) is 0 Å². The number of carbonyl (C=O) groups is 2. The second kappa shape index (κ2) is 33.7. The topological polar surface area (TPSA) is 63.6 Å². The van der Waals surface area contributed by atoms with Gasteiger partial charge in [0.1, 0.15) is 6.10 Å². The van der Waals surface area contributed by atoms with Crippen molar-refractivity contribution in [2.24, 2.45) is 0 Å². The van der Waals surface area contributed by atoms with Crippen molar-refractivity contribution in [2.75, 3.05) is 0 Å². The number of aliphatic carboxylic acids is 1. The Labute approximate surface area is 260 Å². The summed E-state index contributed by atoms with van der Waals surface area (Å²) in [5.74, 6) is -0.972. The molecule has 1 atom stereocenters. The lowest BCUT2D eigenvalue weighted by atomic mass is 10.0. The summed E-state index contributed by atoms with van der Waals surface area (Å²) >= 11 is 0. The molecule has 42 heavy (non-hydrogen) atoms. The molecule has 0 radical (unpaired) electrons. The minimum atomic E-state index is -0.817. The van der Waals surface area contributed by atoms with Crippen LogP contribution < -0.4 is 0 Å². The molecule has 0 rings (SSSR count). The molecule has 244 valence electrons. The van der Waals surface area contributed by atoms with Gasteiger partial charge in [0, 0.05) is 12.8 Å². The molecule has 0 amide bonds. The van der Waals surface area contributed by atoms with E-state index in [2.05, 4.69) is 50.3 Å². The number of carbonyl (C=O) groups excluding carboxylic acids is 1. The van der Waals surface area contributed by atoms with Gasteiger partial charge in [0.25, 0.3) is 0 Å². The van der Waals surface area contributed by atoms with Crippen molar-refractivity contribution >= 4 is 11.9 Å². The van der Waals surface area contributed by atoms with Gasteiger partial charge < -0.3 is 9.84 Å². The second-order valence-corrected chi connectivity index (χ2v) is 12.0. The summed E-state index contributed by atoms with van der Waals surface area (Å²) in [7, 11) is 0. The smallest absolute Gasteiger partial charge is 0.306 e. The maximum atomic E-state index is 12.4. The fourth-order valence-corrected chi connectivity index (χ4v) is 5.25. The number of hydrogen-bond donors (Lipinski definition) is 1. The van der Waals surface area contributed by atoms with Crippen molar-refractivity contribution in [1.82, 2.24) is 0 Å². The summed E-state index contributed by atoms with van der Waals surface area (Å²) < 4.78 is 5.71. The molecular formula is C38H68O4. The van der Waals surface area contributed by atoms with E-state index in [4.69, 9.17) is 9.84 Å². The van der Waals surface area contributed by atoms with E-state index in [1.165, 1.54) is 89.9 Å². The van der Waals surface area contributed by atoms with Crippen LogP contribution in [0.3, 0.4) is 0 Å². The van der Waals surface area contributed by atoms with Gasteiger partial charge in [0.05, 0.1) is 0 Å². The molecule has 0 bridgehead atoms. The van der Waals surface area contributed by atoms with Crippen LogP contribution in [-0.2, 0) is 14.3 Å². The Hall–Kier alpha value is -1.84. The summed E-state index contributed by atoms with van der Waals surface area (Å²) in [4.78, 5) is 23.5. The third-order valence-corrected chi connectivity index (χ3v) is 7.89. The van der Waals surface area contributed by atoms with Crippen molar-refractivity contribution in [2.45, 2.75) is 193 Å². The number of ether oxygens (including phenoxy) is 1. The van der Waals surface area contributed by atoms with Crippen LogP contribution in [0.1, 0.15) is 187 Å². The summed E-state index contributed by atoms with van der Waals surface area (Å²) in [6.45, 7) is 4.42. The quantitative estimate of drug-likeness (QED) is 0.0482. The van der Waals surface area contributed by atoms with Gasteiger partial charge in [-0.3, -0.25) is 9.59 Å². The molecule has 0 aromatic carbocycles.